The van der Waals surface area contributed by atoms with E-state index in [2.05, 4.69) is 21.8 Å². The molecule has 152 valence electrons. The van der Waals surface area contributed by atoms with Crippen molar-refractivity contribution in [1.82, 2.24) is 19.8 Å². The number of aliphatic hydroxyl groups is 1. The summed E-state index contributed by atoms with van der Waals surface area (Å²) in [7, 11) is 3.41. The van der Waals surface area contributed by atoms with Crippen molar-refractivity contribution in [2.24, 2.45) is 5.41 Å². The van der Waals surface area contributed by atoms with Crippen molar-refractivity contribution in [3.05, 3.63) is 41.7 Å². The van der Waals surface area contributed by atoms with E-state index < -0.39 is 23.7 Å². The Morgan fingerprint density at radius 3 is 2.54 bits per heavy atom. The molecular weight excluding hydrogens is 356 g/mol. The van der Waals surface area contributed by atoms with Crippen molar-refractivity contribution in [3.63, 3.8) is 0 Å². The predicted octanol–water partition coefficient (Wildman–Crippen LogP) is 2.16. The number of nitrogens with zero attached hydrogens (tertiary/aromatic N) is 3. The third kappa shape index (κ3) is 4.11. The molecule has 3 rings (SSSR count). The van der Waals surface area contributed by atoms with Crippen molar-refractivity contribution in [3.8, 4) is 11.4 Å². The van der Waals surface area contributed by atoms with Gasteiger partial charge in [-0.25, -0.2) is 4.98 Å². The Labute approximate surface area is 166 Å². The highest BCUT2D eigenvalue weighted by Crippen LogP contribution is 2.30. The van der Waals surface area contributed by atoms with Crippen LogP contribution in [0.5, 0.6) is 0 Å². The van der Waals surface area contributed by atoms with Crippen LogP contribution >= 0.6 is 0 Å². The minimum absolute atomic E-state index is 0.403. The van der Waals surface area contributed by atoms with Crippen molar-refractivity contribution in [2.45, 2.75) is 46.1 Å². The number of rotatable bonds is 5. The van der Waals surface area contributed by atoms with Crippen LogP contribution in [0.2, 0.25) is 0 Å². The molecule has 0 bridgehead atoms. The van der Waals surface area contributed by atoms with Gasteiger partial charge in [0, 0.05) is 25.2 Å². The zero-order chi connectivity index (χ0) is 20.5. The van der Waals surface area contributed by atoms with E-state index in [1.807, 2.05) is 51.1 Å². The summed E-state index contributed by atoms with van der Waals surface area (Å²) in [5, 5.41) is 14.0. The van der Waals surface area contributed by atoms with Crippen LogP contribution in [0.15, 0.2) is 30.3 Å². The fourth-order valence-electron chi connectivity index (χ4n) is 3.57. The maximum atomic E-state index is 12.3. The molecule has 1 aromatic heterocycles. The lowest BCUT2D eigenvalue weighted by Gasteiger charge is -2.31. The molecule has 0 spiro atoms. The Balaban J connectivity index is 1.99. The van der Waals surface area contributed by atoms with Gasteiger partial charge in [-0.05, 0) is 12.5 Å². The largest absolute Gasteiger partial charge is 0.468 e. The third-order valence-corrected chi connectivity index (χ3v) is 5.15. The fourth-order valence-corrected chi connectivity index (χ4v) is 3.57. The number of hydrogen-bond acceptors (Lipinski definition) is 6. The molecule has 7 heteroatoms. The van der Waals surface area contributed by atoms with Gasteiger partial charge in [0.2, 0.25) is 0 Å². The minimum Gasteiger partial charge on any atom is -0.468 e. The van der Waals surface area contributed by atoms with Gasteiger partial charge in [-0.1, -0.05) is 51.1 Å². The van der Waals surface area contributed by atoms with E-state index in [1.165, 1.54) is 7.11 Å². The van der Waals surface area contributed by atoms with Gasteiger partial charge in [0.1, 0.15) is 17.6 Å². The first-order valence-electron chi connectivity index (χ1n) is 9.57. The summed E-state index contributed by atoms with van der Waals surface area (Å²) in [6.45, 7) is 8.20. The first-order valence-corrected chi connectivity index (χ1v) is 9.57. The van der Waals surface area contributed by atoms with E-state index in [9.17, 15) is 9.90 Å². The summed E-state index contributed by atoms with van der Waals surface area (Å²) < 4.78 is 7.10. The first kappa shape index (κ1) is 20.5. The van der Waals surface area contributed by atoms with Crippen LogP contribution in [0.3, 0.4) is 0 Å². The van der Waals surface area contributed by atoms with Gasteiger partial charge in [0.15, 0.2) is 6.23 Å². The van der Waals surface area contributed by atoms with Gasteiger partial charge in [-0.3, -0.25) is 15.0 Å². The molecule has 0 saturated carbocycles. The van der Waals surface area contributed by atoms with Gasteiger partial charge in [-0.2, -0.15) is 0 Å². The van der Waals surface area contributed by atoms with Gasteiger partial charge in [0.05, 0.1) is 12.8 Å². The number of carbonyl (C=O) groups excluding carboxylic acids is 1. The number of nitrogens with one attached hydrogen (secondary N) is 1. The lowest BCUT2D eigenvalue weighted by atomic mass is 9.86. The number of likely N-dealkylation sites (N-methyl/N-ethyl adjacent to an activating group) is 1. The molecule has 28 heavy (non-hydrogen) atoms. The second kappa shape index (κ2) is 8.03. The summed E-state index contributed by atoms with van der Waals surface area (Å²) in [4.78, 5) is 19.2. The average Bonchev–Trinajstić information content (AvgIpc) is 3.03. The Morgan fingerprint density at radius 1 is 1.25 bits per heavy atom. The predicted molar refractivity (Wildman–Crippen MR) is 107 cm³/mol. The molecule has 1 unspecified atom stereocenters. The summed E-state index contributed by atoms with van der Waals surface area (Å²) in [5.41, 5.74) is 2.10. The van der Waals surface area contributed by atoms with E-state index in [-0.39, 0.29) is 0 Å². The summed E-state index contributed by atoms with van der Waals surface area (Å²) in [6, 6.07) is 9.30. The molecule has 0 radical (unpaired) electrons. The topological polar surface area (TPSA) is 79.6 Å². The number of hydrogen-bond donors (Lipinski definition) is 2. The van der Waals surface area contributed by atoms with Crippen molar-refractivity contribution < 1.29 is 14.6 Å². The summed E-state index contributed by atoms with van der Waals surface area (Å²) in [6.07, 6.45) is -1.08. The Hall–Kier alpha value is -2.22. The highest BCUT2D eigenvalue weighted by molar-refractivity contribution is 5.76. The normalized spacial score (nSPS) is 17.1. The van der Waals surface area contributed by atoms with Gasteiger partial charge >= 0.3 is 5.97 Å². The number of imidazole rings is 1. The molecule has 2 N–H and O–H groups in total. The van der Waals surface area contributed by atoms with Crippen molar-refractivity contribution >= 4 is 5.97 Å². The van der Waals surface area contributed by atoms with Crippen molar-refractivity contribution in [2.75, 3.05) is 20.7 Å². The molecule has 1 aliphatic heterocycles. The van der Waals surface area contributed by atoms with E-state index in [0.29, 0.717) is 12.2 Å². The van der Waals surface area contributed by atoms with Crippen LogP contribution in [0, 0.1) is 5.41 Å². The molecular formula is C21H30N4O3. The summed E-state index contributed by atoms with van der Waals surface area (Å²) >= 11 is 0. The highest BCUT2D eigenvalue weighted by atomic mass is 16.5. The van der Waals surface area contributed by atoms with Gasteiger partial charge in [-0.15, -0.1) is 0 Å². The zero-order valence-corrected chi connectivity index (χ0v) is 17.3. The average molecular weight is 386 g/mol. The molecule has 0 amide bonds. The standard InChI is InChI=1S/C21H30N4O3/c1-21(2,3)17(20(27)28-5)23-19(26)16-15-13-24(4)11-12-25(15)18(22-16)14-9-7-6-8-10-14/h6-10,17,19,23,26H,11-13H2,1-5H3/t17-,19?/m1/s1. The Kier molecular flexibility index (Phi) is 5.88. The number of benzene rings is 1. The van der Waals surface area contributed by atoms with Crippen LogP contribution in [-0.4, -0.2) is 52.3 Å². The van der Waals surface area contributed by atoms with E-state index in [1.54, 1.807) is 0 Å². The SMILES string of the molecule is COC(=O)[C@@H](NC(O)c1nc(-c2ccccc2)n2c1CN(C)CC2)C(C)(C)C. The molecule has 2 aromatic rings. The van der Waals surface area contributed by atoms with Crippen LogP contribution in [0.1, 0.15) is 38.4 Å². The minimum atomic E-state index is -1.08. The van der Waals surface area contributed by atoms with Gasteiger partial charge in [0.25, 0.3) is 0 Å². The molecule has 2 heterocycles. The monoisotopic (exact) mass is 386 g/mol. The van der Waals surface area contributed by atoms with E-state index in [0.717, 1.165) is 30.2 Å². The van der Waals surface area contributed by atoms with Crippen LogP contribution in [0.4, 0.5) is 0 Å². The van der Waals surface area contributed by atoms with Crippen LogP contribution in [-0.2, 0) is 22.6 Å². The van der Waals surface area contributed by atoms with Gasteiger partial charge < -0.3 is 14.4 Å². The quantitative estimate of drug-likeness (QED) is 0.606. The molecule has 1 aliphatic rings. The third-order valence-electron chi connectivity index (χ3n) is 5.15. The maximum Gasteiger partial charge on any atom is 0.323 e. The molecule has 0 saturated heterocycles. The smallest absolute Gasteiger partial charge is 0.323 e. The van der Waals surface area contributed by atoms with Crippen molar-refractivity contribution in [1.29, 1.82) is 0 Å². The summed E-state index contributed by atoms with van der Waals surface area (Å²) in [5.74, 6) is 0.435. The molecule has 1 aromatic carbocycles. The van der Waals surface area contributed by atoms with E-state index in [4.69, 9.17) is 9.72 Å². The number of aliphatic hydroxyl groups excluding tert-OH is 1. The Bertz CT molecular complexity index is 826. The number of methoxy groups -OCH3 is 1. The lowest BCUT2D eigenvalue weighted by Crippen LogP contribution is -2.48. The number of fused-ring (bicyclic) bond motifs is 1. The number of ether oxygens (including phenoxy) is 1. The molecule has 7 nitrogen and oxygen atoms in total. The van der Waals surface area contributed by atoms with Crippen LogP contribution < -0.4 is 5.32 Å². The second-order valence-corrected chi connectivity index (χ2v) is 8.41. The molecule has 2 atom stereocenters. The lowest BCUT2D eigenvalue weighted by molar-refractivity contribution is -0.147. The first-order chi connectivity index (χ1) is 13.2. The highest BCUT2D eigenvalue weighted by Gasteiger charge is 2.36. The molecule has 0 fully saturated rings. The van der Waals surface area contributed by atoms with E-state index >= 15 is 0 Å². The number of carbonyl (C=O) groups is 1. The zero-order valence-electron chi connectivity index (χ0n) is 17.3. The second-order valence-electron chi connectivity index (χ2n) is 8.41. The number of esters is 1. The Morgan fingerprint density at radius 2 is 1.93 bits per heavy atom. The fraction of sp³-hybridized carbons (Fsp3) is 0.524. The maximum absolute atomic E-state index is 12.3. The van der Waals surface area contributed by atoms with Crippen LogP contribution in [0.25, 0.3) is 11.4 Å². The molecule has 0 aliphatic carbocycles. The number of aromatic nitrogens is 2.